The first-order chi connectivity index (χ1) is 13.1. The van der Waals surface area contributed by atoms with E-state index < -0.39 is 10.0 Å². The molecule has 152 valence electrons. The maximum Gasteiger partial charge on any atom is 0.243 e. The topological polar surface area (TPSA) is 66.5 Å². The summed E-state index contributed by atoms with van der Waals surface area (Å²) in [5.41, 5.74) is 5.28. The second-order valence-electron chi connectivity index (χ2n) is 7.20. The number of nitrogens with zero attached hydrogens (tertiary/aromatic N) is 1. The summed E-state index contributed by atoms with van der Waals surface area (Å²) < 4.78 is 27.2. The van der Waals surface area contributed by atoms with Crippen LogP contribution in [-0.4, -0.2) is 32.2 Å². The van der Waals surface area contributed by atoms with Crippen LogP contribution in [-0.2, 0) is 27.7 Å². The first-order valence-electron chi connectivity index (χ1n) is 9.56. The van der Waals surface area contributed by atoms with Crippen molar-refractivity contribution in [3.8, 4) is 0 Å². The molecule has 0 aromatic heterocycles. The summed E-state index contributed by atoms with van der Waals surface area (Å²) >= 11 is 0. The molecule has 0 saturated carbocycles. The van der Waals surface area contributed by atoms with Gasteiger partial charge in [-0.15, -0.1) is 0 Å². The van der Waals surface area contributed by atoms with E-state index in [1.165, 1.54) is 7.05 Å². The second kappa shape index (κ2) is 8.88. The Morgan fingerprint density at radius 3 is 1.96 bits per heavy atom. The standard InChI is InChI=1S/C22H30N2O3S/c1-7-18-10-9-11-19(8-2)21(18)23-20(25)14-24(6)28(26,27)22-16(4)12-15(3)13-17(22)5/h9-13H,7-8,14H2,1-6H3,(H,23,25). The van der Waals surface area contributed by atoms with E-state index in [1.54, 1.807) is 13.8 Å². The highest BCUT2D eigenvalue weighted by Crippen LogP contribution is 2.25. The van der Waals surface area contributed by atoms with Gasteiger partial charge >= 0.3 is 0 Å². The summed E-state index contributed by atoms with van der Waals surface area (Å²) in [6, 6.07) is 9.63. The van der Waals surface area contributed by atoms with E-state index in [-0.39, 0.29) is 17.3 Å². The highest BCUT2D eigenvalue weighted by atomic mass is 32.2. The van der Waals surface area contributed by atoms with Crippen molar-refractivity contribution in [2.24, 2.45) is 0 Å². The lowest BCUT2D eigenvalue weighted by Gasteiger charge is -2.21. The fourth-order valence-electron chi connectivity index (χ4n) is 3.60. The predicted octanol–water partition coefficient (Wildman–Crippen LogP) is 4.00. The fraction of sp³-hybridized carbons (Fsp3) is 0.409. The van der Waals surface area contributed by atoms with Crippen molar-refractivity contribution in [2.45, 2.75) is 52.4 Å². The molecule has 0 saturated heterocycles. The van der Waals surface area contributed by atoms with E-state index in [1.807, 2.05) is 51.1 Å². The number of amides is 1. The second-order valence-corrected chi connectivity index (χ2v) is 9.18. The third-order valence-electron chi connectivity index (χ3n) is 4.90. The molecular formula is C22H30N2O3S. The smallest absolute Gasteiger partial charge is 0.243 e. The van der Waals surface area contributed by atoms with E-state index >= 15 is 0 Å². The highest BCUT2D eigenvalue weighted by Gasteiger charge is 2.27. The van der Waals surface area contributed by atoms with E-state index in [9.17, 15) is 13.2 Å². The number of para-hydroxylation sites is 1. The maximum atomic E-state index is 13.1. The highest BCUT2D eigenvalue weighted by molar-refractivity contribution is 7.89. The van der Waals surface area contributed by atoms with Gasteiger partial charge in [-0.25, -0.2) is 8.42 Å². The average molecular weight is 403 g/mol. The van der Waals surface area contributed by atoms with Crippen molar-refractivity contribution >= 4 is 21.6 Å². The number of likely N-dealkylation sites (N-methyl/N-ethyl adjacent to an activating group) is 1. The Morgan fingerprint density at radius 1 is 1.00 bits per heavy atom. The summed E-state index contributed by atoms with van der Waals surface area (Å²) in [5, 5.41) is 2.93. The number of aryl methyl sites for hydroxylation is 5. The molecule has 1 N–H and O–H groups in total. The molecule has 28 heavy (non-hydrogen) atoms. The summed E-state index contributed by atoms with van der Waals surface area (Å²) in [4.78, 5) is 12.9. The number of nitrogens with one attached hydrogen (secondary N) is 1. The molecule has 0 fully saturated rings. The molecule has 1 amide bonds. The van der Waals surface area contributed by atoms with Crippen LogP contribution in [0.5, 0.6) is 0 Å². The maximum absolute atomic E-state index is 13.1. The van der Waals surface area contributed by atoms with Crippen molar-refractivity contribution in [3.63, 3.8) is 0 Å². The third-order valence-corrected chi connectivity index (χ3v) is 7.01. The molecule has 0 heterocycles. The Kier molecular flexibility index (Phi) is 7.01. The van der Waals surface area contributed by atoms with Gasteiger partial charge in [0, 0.05) is 12.7 Å². The van der Waals surface area contributed by atoms with Crippen LogP contribution in [0.4, 0.5) is 5.69 Å². The Hall–Kier alpha value is -2.18. The van der Waals surface area contributed by atoms with E-state index in [0.29, 0.717) is 11.1 Å². The van der Waals surface area contributed by atoms with Gasteiger partial charge in [0.05, 0.1) is 11.4 Å². The number of hydrogen-bond acceptors (Lipinski definition) is 3. The van der Waals surface area contributed by atoms with Crippen LogP contribution in [0.25, 0.3) is 0 Å². The number of rotatable bonds is 7. The number of carbonyl (C=O) groups excluding carboxylic acids is 1. The van der Waals surface area contributed by atoms with E-state index in [4.69, 9.17) is 0 Å². The average Bonchev–Trinajstić information content (AvgIpc) is 2.60. The van der Waals surface area contributed by atoms with Gasteiger partial charge in [-0.05, 0) is 55.9 Å². The zero-order valence-corrected chi connectivity index (χ0v) is 18.4. The summed E-state index contributed by atoms with van der Waals surface area (Å²) in [6.45, 7) is 9.33. The lowest BCUT2D eigenvalue weighted by molar-refractivity contribution is -0.116. The third kappa shape index (κ3) is 4.62. The van der Waals surface area contributed by atoms with Crippen molar-refractivity contribution in [2.75, 3.05) is 18.9 Å². The van der Waals surface area contributed by atoms with Crippen LogP contribution in [0.15, 0.2) is 35.2 Å². The van der Waals surface area contributed by atoms with Gasteiger partial charge in [-0.1, -0.05) is 49.7 Å². The van der Waals surface area contributed by atoms with Gasteiger partial charge in [-0.2, -0.15) is 4.31 Å². The van der Waals surface area contributed by atoms with Crippen molar-refractivity contribution in [3.05, 3.63) is 58.1 Å². The summed E-state index contributed by atoms with van der Waals surface area (Å²) in [5.74, 6) is -0.343. The van der Waals surface area contributed by atoms with Crippen LogP contribution in [0, 0.1) is 20.8 Å². The molecule has 0 aliphatic rings. The van der Waals surface area contributed by atoms with Gasteiger partial charge in [0.1, 0.15) is 0 Å². The van der Waals surface area contributed by atoms with Crippen molar-refractivity contribution < 1.29 is 13.2 Å². The first kappa shape index (κ1) is 22.1. The minimum atomic E-state index is -3.76. The quantitative estimate of drug-likeness (QED) is 0.761. The minimum absolute atomic E-state index is 0.240. The fourth-order valence-corrected chi connectivity index (χ4v) is 5.13. The molecule has 0 radical (unpaired) electrons. The minimum Gasteiger partial charge on any atom is -0.324 e. The van der Waals surface area contributed by atoms with Crippen molar-refractivity contribution in [1.29, 1.82) is 0 Å². The molecule has 2 aromatic rings. The van der Waals surface area contributed by atoms with Crippen LogP contribution < -0.4 is 5.32 Å². The molecule has 0 spiro atoms. The monoisotopic (exact) mass is 402 g/mol. The SMILES string of the molecule is CCc1cccc(CC)c1NC(=O)CN(C)S(=O)(=O)c1c(C)cc(C)cc1C. The predicted molar refractivity (Wildman–Crippen MR) is 114 cm³/mol. The zero-order valence-electron chi connectivity index (χ0n) is 17.6. The number of carbonyl (C=O) groups is 1. The molecule has 0 bridgehead atoms. The van der Waals surface area contributed by atoms with Crippen LogP contribution in [0.2, 0.25) is 0 Å². The Morgan fingerprint density at radius 2 is 1.50 bits per heavy atom. The lowest BCUT2D eigenvalue weighted by Crippen LogP contribution is -2.36. The van der Waals surface area contributed by atoms with Crippen LogP contribution >= 0.6 is 0 Å². The van der Waals surface area contributed by atoms with Gasteiger partial charge in [0.25, 0.3) is 0 Å². The molecule has 2 rings (SSSR count). The van der Waals surface area contributed by atoms with Gasteiger partial charge < -0.3 is 5.32 Å². The van der Waals surface area contributed by atoms with Crippen LogP contribution in [0.1, 0.15) is 41.7 Å². The molecule has 6 heteroatoms. The molecule has 0 aliphatic carbocycles. The Balaban J connectivity index is 2.26. The van der Waals surface area contributed by atoms with Crippen molar-refractivity contribution in [1.82, 2.24) is 4.31 Å². The summed E-state index contributed by atoms with van der Waals surface area (Å²) in [7, 11) is -2.32. The van der Waals surface area contributed by atoms with Gasteiger partial charge in [0.15, 0.2) is 0 Å². The Labute approximate surface area is 168 Å². The summed E-state index contributed by atoms with van der Waals surface area (Å²) in [6.07, 6.45) is 1.58. The molecule has 0 unspecified atom stereocenters. The van der Waals surface area contributed by atoms with Gasteiger partial charge in [-0.3, -0.25) is 4.79 Å². The molecular weight excluding hydrogens is 372 g/mol. The first-order valence-corrected chi connectivity index (χ1v) is 11.0. The lowest BCUT2D eigenvalue weighted by atomic mass is 10.0. The normalized spacial score (nSPS) is 11.7. The number of hydrogen-bond donors (Lipinski definition) is 1. The number of sulfonamides is 1. The molecule has 2 aromatic carbocycles. The molecule has 0 atom stereocenters. The Bertz CT molecular complexity index is 936. The van der Waals surface area contributed by atoms with E-state index in [0.717, 1.165) is 39.5 Å². The van der Waals surface area contributed by atoms with Gasteiger partial charge in [0.2, 0.25) is 15.9 Å². The van der Waals surface area contributed by atoms with Crippen LogP contribution in [0.3, 0.4) is 0 Å². The number of benzene rings is 2. The number of anilines is 1. The largest absolute Gasteiger partial charge is 0.324 e. The zero-order chi connectivity index (χ0) is 21.1. The van der Waals surface area contributed by atoms with E-state index in [2.05, 4.69) is 5.32 Å². The molecule has 5 nitrogen and oxygen atoms in total. The molecule has 0 aliphatic heterocycles.